The highest BCUT2D eigenvalue weighted by atomic mass is 31.2. The molecule has 0 aliphatic carbocycles. The number of halogens is 6. The smallest absolute Gasteiger partial charge is 0.328 e. The van der Waals surface area contributed by atoms with Crippen molar-refractivity contribution in [1.29, 1.82) is 0 Å². The summed E-state index contributed by atoms with van der Waals surface area (Å²) in [6.45, 7) is 4.10. The molecule has 1 aliphatic heterocycles. The van der Waals surface area contributed by atoms with E-state index in [1.807, 2.05) is 16.3 Å². The maximum Gasteiger partial charge on any atom is 0.416 e. The first-order valence-electron chi connectivity index (χ1n) is 12.1. The van der Waals surface area contributed by atoms with Crippen LogP contribution >= 0.6 is 8.45 Å². The van der Waals surface area contributed by atoms with E-state index < -0.39 is 44.0 Å². The monoisotopic (exact) mass is 534 g/mol. The topological polar surface area (TPSA) is 15.7 Å². The van der Waals surface area contributed by atoms with Crippen molar-refractivity contribution >= 4 is 8.45 Å². The van der Waals surface area contributed by atoms with Gasteiger partial charge in [0.15, 0.2) is 8.45 Å². The fourth-order valence-corrected chi connectivity index (χ4v) is 6.77. The predicted molar refractivity (Wildman–Crippen MR) is 130 cm³/mol. The molecule has 0 saturated carbocycles. The largest absolute Gasteiger partial charge is 0.416 e. The van der Waals surface area contributed by atoms with Crippen LogP contribution in [0.5, 0.6) is 0 Å². The van der Waals surface area contributed by atoms with Gasteiger partial charge in [0.2, 0.25) is 0 Å². The number of rotatable bonds is 9. The molecule has 0 bridgehead atoms. The van der Waals surface area contributed by atoms with Gasteiger partial charge in [-0.05, 0) is 62.8 Å². The Morgan fingerprint density at radius 3 is 1.69 bits per heavy atom. The van der Waals surface area contributed by atoms with E-state index in [2.05, 4.69) is 6.92 Å². The number of alkyl halides is 6. The third-order valence-electron chi connectivity index (χ3n) is 6.49. The minimum Gasteiger partial charge on any atom is -0.328 e. The van der Waals surface area contributed by atoms with Gasteiger partial charge in [0.1, 0.15) is 0 Å². The molecule has 0 spiro atoms. The standard InChI is InChI=1S/C26H33F6N2OP/c1-5-6-7-8-11-18(2)35-36-33(3)23(19-12-9-14-21(16-19)25(27,28)29)24(34(36)4)20-13-10-15-22(17-20)26(30,31)32/h9-10,12-18,23-24H,5-8,11H2,1-4H3/t18-,23+,24+/m0/s1. The van der Waals surface area contributed by atoms with Crippen LogP contribution in [-0.4, -0.2) is 29.5 Å². The maximum atomic E-state index is 13.5. The molecule has 2 aromatic carbocycles. The first-order valence-corrected chi connectivity index (χ1v) is 13.3. The van der Waals surface area contributed by atoms with Gasteiger partial charge in [0.05, 0.1) is 29.3 Å². The third-order valence-corrected chi connectivity index (χ3v) is 8.62. The van der Waals surface area contributed by atoms with Gasteiger partial charge in [0.25, 0.3) is 0 Å². The molecular formula is C26H33F6N2OP. The van der Waals surface area contributed by atoms with Crippen molar-refractivity contribution in [2.45, 2.75) is 76.5 Å². The molecule has 3 rings (SSSR count). The van der Waals surface area contributed by atoms with Crippen LogP contribution in [-0.2, 0) is 16.9 Å². The van der Waals surface area contributed by atoms with Crippen LogP contribution < -0.4 is 0 Å². The van der Waals surface area contributed by atoms with E-state index in [9.17, 15) is 26.3 Å². The van der Waals surface area contributed by atoms with Gasteiger partial charge in [-0.3, -0.25) is 0 Å². The van der Waals surface area contributed by atoms with E-state index in [0.29, 0.717) is 11.1 Å². The van der Waals surface area contributed by atoms with Crippen LogP contribution in [0.3, 0.4) is 0 Å². The van der Waals surface area contributed by atoms with Crippen LogP contribution in [0.15, 0.2) is 48.5 Å². The molecule has 1 fully saturated rings. The molecule has 36 heavy (non-hydrogen) atoms. The van der Waals surface area contributed by atoms with Crippen LogP contribution in [0, 0.1) is 0 Å². The lowest BCUT2D eigenvalue weighted by atomic mass is 9.91. The summed E-state index contributed by atoms with van der Waals surface area (Å²) in [5.41, 5.74) is -0.822. The number of likely N-dealkylation sites (N-methyl/N-ethyl adjacent to an activating group) is 2. The van der Waals surface area contributed by atoms with Crippen molar-refractivity contribution in [3.05, 3.63) is 70.8 Å². The highest BCUT2D eigenvalue weighted by Crippen LogP contribution is 2.63. The van der Waals surface area contributed by atoms with Crippen LogP contribution in [0.25, 0.3) is 0 Å². The molecule has 3 atom stereocenters. The third kappa shape index (κ3) is 6.80. The number of hydrogen-bond acceptors (Lipinski definition) is 3. The summed E-state index contributed by atoms with van der Waals surface area (Å²) in [4.78, 5) is 0. The van der Waals surface area contributed by atoms with Crippen LogP contribution in [0.1, 0.15) is 80.3 Å². The van der Waals surface area contributed by atoms with Crippen molar-refractivity contribution in [2.75, 3.05) is 14.1 Å². The normalized spacial score (nSPS) is 21.3. The van der Waals surface area contributed by atoms with Gasteiger partial charge < -0.3 is 4.52 Å². The van der Waals surface area contributed by atoms with Crippen LogP contribution in [0.4, 0.5) is 26.3 Å². The molecule has 0 amide bonds. The number of hydrogen-bond donors (Lipinski definition) is 0. The van der Waals surface area contributed by atoms with Gasteiger partial charge in [-0.1, -0.05) is 56.9 Å². The fourth-order valence-electron chi connectivity index (χ4n) is 4.66. The zero-order valence-corrected chi connectivity index (χ0v) is 21.8. The lowest BCUT2D eigenvalue weighted by molar-refractivity contribution is -0.138. The molecule has 1 heterocycles. The Kier molecular flexibility index (Phi) is 9.47. The molecule has 0 unspecified atom stereocenters. The quantitative estimate of drug-likeness (QED) is 0.181. The van der Waals surface area contributed by atoms with E-state index >= 15 is 0 Å². The summed E-state index contributed by atoms with van der Waals surface area (Å²) in [7, 11) is 2.11. The Morgan fingerprint density at radius 1 is 0.806 bits per heavy atom. The highest BCUT2D eigenvalue weighted by Gasteiger charge is 2.48. The highest BCUT2D eigenvalue weighted by molar-refractivity contribution is 7.47. The molecule has 1 aliphatic rings. The molecular weight excluding hydrogens is 501 g/mol. The average molecular weight is 535 g/mol. The Morgan fingerprint density at radius 2 is 1.28 bits per heavy atom. The van der Waals surface area contributed by atoms with Gasteiger partial charge in [0, 0.05) is 0 Å². The molecule has 0 radical (unpaired) electrons. The average Bonchev–Trinajstić information content (AvgIpc) is 3.05. The zero-order valence-electron chi connectivity index (χ0n) is 20.9. The molecule has 0 N–H and O–H groups in total. The SMILES string of the molecule is CCCCCC[C@H](C)OP1N(C)[C@H](c2cccc(C(F)(F)F)c2)[C@@H](c2cccc(C(F)(F)F)c2)N1C. The summed E-state index contributed by atoms with van der Waals surface area (Å²) in [5.74, 6) is 0. The van der Waals surface area contributed by atoms with Gasteiger partial charge in [-0.25, -0.2) is 9.34 Å². The molecule has 10 heteroatoms. The summed E-state index contributed by atoms with van der Waals surface area (Å²) >= 11 is 0. The second-order valence-electron chi connectivity index (χ2n) is 9.30. The lowest BCUT2D eigenvalue weighted by Gasteiger charge is -2.28. The molecule has 3 nitrogen and oxygen atoms in total. The first-order chi connectivity index (χ1) is 16.8. The van der Waals surface area contributed by atoms with Crippen LogP contribution in [0.2, 0.25) is 0 Å². The van der Waals surface area contributed by atoms with E-state index in [0.717, 1.165) is 56.4 Å². The Balaban J connectivity index is 1.98. The number of benzene rings is 2. The zero-order chi connectivity index (χ0) is 26.7. The summed E-state index contributed by atoms with van der Waals surface area (Å²) in [6, 6.07) is 8.79. The van der Waals surface area contributed by atoms with Crippen molar-refractivity contribution < 1.29 is 30.9 Å². The molecule has 0 aromatic heterocycles. The van der Waals surface area contributed by atoms with Crippen molar-refractivity contribution in [3.8, 4) is 0 Å². The second-order valence-corrected chi connectivity index (χ2v) is 11.3. The van der Waals surface area contributed by atoms with E-state index in [-0.39, 0.29) is 6.10 Å². The van der Waals surface area contributed by atoms with Crippen molar-refractivity contribution in [2.24, 2.45) is 0 Å². The fraction of sp³-hybridized carbons (Fsp3) is 0.538. The van der Waals surface area contributed by atoms with Gasteiger partial charge in [-0.2, -0.15) is 26.3 Å². The Hall–Kier alpha value is -1.67. The lowest BCUT2D eigenvalue weighted by Crippen LogP contribution is -2.22. The Bertz CT molecular complexity index is 929. The summed E-state index contributed by atoms with van der Waals surface area (Å²) < 4.78 is 91.0. The summed E-state index contributed by atoms with van der Waals surface area (Å²) in [5, 5.41) is 0. The van der Waals surface area contributed by atoms with E-state index in [1.54, 1.807) is 26.2 Å². The van der Waals surface area contributed by atoms with Gasteiger partial charge in [-0.15, -0.1) is 0 Å². The van der Waals surface area contributed by atoms with Crippen molar-refractivity contribution in [3.63, 3.8) is 0 Å². The molecule has 200 valence electrons. The van der Waals surface area contributed by atoms with Crippen molar-refractivity contribution in [1.82, 2.24) is 9.34 Å². The number of unbranched alkanes of at least 4 members (excludes halogenated alkanes) is 3. The molecule has 1 saturated heterocycles. The van der Waals surface area contributed by atoms with E-state index in [1.165, 1.54) is 12.1 Å². The first kappa shape index (κ1) is 28.9. The van der Waals surface area contributed by atoms with Gasteiger partial charge >= 0.3 is 12.4 Å². The second kappa shape index (κ2) is 11.8. The van der Waals surface area contributed by atoms with E-state index in [4.69, 9.17) is 4.52 Å². The minimum absolute atomic E-state index is 0.0970. The predicted octanol–water partition coefficient (Wildman–Crippen LogP) is 8.99. The minimum atomic E-state index is -4.53. The maximum absolute atomic E-state index is 13.5. The molecule has 2 aromatic rings. The number of nitrogens with zero attached hydrogens (tertiary/aromatic N) is 2. The Labute approximate surface area is 210 Å². The summed E-state index contributed by atoms with van der Waals surface area (Å²) in [6.07, 6.45) is -3.98.